The van der Waals surface area contributed by atoms with Gasteiger partial charge in [-0.2, -0.15) is 0 Å². The fourth-order valence-corrected chi connectivity index (χ4v) is 4.39. The number of amides is 2. The summed E-state index contributed by atoms with van der Waals surface area (Å²) in [5.41, 5.74) is 0.911. The van der Waals surface area contributed by atoms with Crippen LogP contribution in [-0.4, -0.2) is 76.9 Å². The van der Waals surface area contributed by atoms with E-state index in [0.29, 0.717) is 32.6 Å². The predicted octanol–water partition coefficient (Wildman–Crippen LogP) is 0.765. The molecule has 0 spiro atoms. The molecule has 8 heteroatoms. The van der Waals surface area contributed by atoms with Gasteiger partial charge in [-0.1, -0.05) is 11.3 Å². The topological polar surface area (TPSA) is 65.9 Å². The van der Waals surface area contributed by atoms with Crippen LogP contribution < -0.4 is 4.87 Å². The maximum atomic E-state index is 12.4. The maximum Gasteiger partial charge on any atom is 0.307 e. The second-order valence-electron chi connectivity index (χ2n) is 7.14. The van der Waals surface area contributed by atoms with E-state index in [-0.39, 0.29) is 16.7 Å². The quantitative estimate of drug-likeness (QED) is 0.757. The van der Waals surface area contributed by atoms with Gasteiger partial charge in [0.25, 0.3) is 0 Å². The fraction of sp³-hybridized carbons (Fsp3) is 0.722. The molecule has 0 bridgehead atoms. The van der Waals surface area contributed by atoms with E-state index in [2.05, 4.69) is 4.90 Å². The van der Waals surface area contributed by atoms with Gasteiger partial charge in [-0.25, -0.2) is 0 Å². The van der Waals surface area contributed by atoms with Crippen LogP contribution in [0.2, 0.25) is 0 Å². The lowest BCUT2D eigenvalue weighted by Crippen LogP contribution is -2.52. The molecule has 2 aliphatic rings. The fourth-order valence-electron chi connectivity index (χ4n) is 3.63. The minimum Gasteiger partial charge on any atom is -0.342 e. The molecule has 26 heavy (non-hydrogen) atoms. The molecule has 0 aliphatic carbocycles. The first-order valence-electron chi connectivity index (χ1n) is 9.47. The summed E-state index contributed by atoms with van der Waals surface area (Å²) in [6.07, 6.45) is 3.80. The van der Waals surface area contributed by atoms with Crippen molar-refractivity contribution in [1.29, 1.82) is 0 Å². The molecule has 7 nitrogen and oxygen atoms in total. The molecule has 1 aromatic rings. The van der Waals surface area contributed by atoms with Crippen LogP contribution in [0.4, 0.5) is 0 Å². The van der Waals surface area contributed by atoms with Crippen LogP contribution in [0.5, 0.6) is 0 Å². The van der Waals surface area contributed by atoms with E-state index in [4.69, 9.17) is 0 Å². The lowest BCUT2D eigenvalue weighted by Gasteiger charge is -2.36. The molecule has 0 radical (unpaired) electrons. The number of rotatable bonds is 5. The highest BCUT2D eigenvalue weighted by molar-refractivity contribution is 7.07. The zero-order valence-corrected chi connectivity index (χ0v) is 16.3. The first-order valence-corrected chi connectivity index (χ1v) is 10.4. The van der Waals surface area contributed by atoms with Crippen LogP contribution in [0.3, 0.4) is 0 Å². The van der Waals surface area contributed by atoms with E-state index < -0.39 is 0 Å². The molecule has 2 amide bonds. The van der Waals surface area contributed by atoms with Crippen LogP contribution in [0.15, 0.2) is 10.2 Å². The van der Waals surface area contributed by atoms with Gasteiger partial charge >= 0.3 is 4.87 Å². The normalized spacial score (nSPS) is 19.0. The van der Waals surface area contributed by atoms with E-state index in [0.717, 1.165) is 44.7 Å². The Morgan fingerprint density at radius 2 is 1.62 bits per heavy atom. The SMILES string of the molecule is Cc1csc(=O)n1CCC(=O)N1CCN(CC(=O)N2CCCCC2)CC1. The third-order valence-electron chi connectivity index (χ3n) is 5.32. The van der Waals surface area contributed by atoms with Gasteiger partial charge in [0.2, 0.25) is 11.8 Å². The van der Waals surface area contributed by atoms with E-state index in [1.165, 1.54) is 17.8 Å². The minimum absolute atomic E-state index is 0.00338. The van der Waals surface area contributed by atoms with Crippen molar-refractivity contribution >= 4 is 23.2 Å². The van der Waals surface area contributed by atoms with Crippen molar-refractivity contribution in [3.05, 3.63) is 20.7 Å². The Bertz CT molecular complexity index is 685. The van der Waals surface area contributed by atoms with Gasteiger partial charge in [0, 0.05) is 63.3 Å². The third kappa shape index (κ3) is 4.73. The number of hydrogen-bond donors (Lipinski definition) is 0. The van der Waals surface area contributed by atoms with Gasteiger partial charge in [0.1, 0.15) is 0 Å². The number of aromatic nitrogens is 1. The summed E-state index contributed by atoms with van der Waals surface area (Å²) in [4.78, 5) is 42.5. The molecule has 0 atom stereocenters. The highest BCUT2D eigenvalue weighted by atomic mass is 32.1. The summed E-state index contributed by atoms with van der Waals surface area (Å²) in [5.74, 6) is 0.307. The van der Waals surface area contributed by atoms with Gasteiger partial charge in [-0.05, 0) is 26.2 Å². The Hall–Kier alpha value is -1.67. The van der Waals surface area contributed by atoms with Crippen molar-refractivity contribution in [2.75, 3.05) is 45.8 Å². The molecule has 0 N–H and O–H groups in total. The summed E-state index contributed by atoms with van der Waals surface area (Å²) in [6, 6.07) is 0. The number of piperidine rings is 1. The van der Waals surface area contributed by atoms with Crippen molar-refractivity contribution in [3.8, 4) is 0 Å². The largest absolute Gasteiger partial charge is 0.342 e. The minimum atomic E-state index is -0.00338. The Balaban J connectivity index is 1.40. The molecule has 144 valence electrons. The number of hydrogen-bond acceptors (Lipinski definition) is 5. The Morgan fingerprint density at radius 3 is 2.23 bits per heavy atom. The Kier molecular flexibility index (Phi) is 6.48. The molecule has 2 aliphatic heterocycles. The Labute approximate surface area is 158 Å². The zero-order valence-electron chi connectivity index (χ0n) is 15.5. The van der Waals surface area contributed by atoms with Crippen molar-refractivity contribution in [1.82, 2.24) is 19.3 Å². The zero-order chi connectivity index (χ0) is 18.5. The molecule has 0 saturated carbocycles. The van der Waals surface area contributed by atoms with Crippen molar-refractivity contribution < 1.29 is 9.59 Å². The second kappa shape index (κ2) is 8.81. The van der Waals surface area contributed by atoms with E-state index >= 15 is 0 Å². The number of nitrogens with zero attached hydrogens (tertiary/aromatic N) is 4. The number of piperazine rings is 1. The third-order valence-corrected chi connectivity index (χ3v) is 6.20. The number of likely N-dealkylation sites (tertiary alicyclic amines) is 1. The van der Waals surface area contributed by atoms with Crippen LogP contribution in [0.1, 0.15) is 31.4 Å². The summed E-state index contributed by atoms with van der Waals surface area (Å²) in [5, 5.41) is 1.82. The van der Waals surface area contributed by atoms with Gasteiger partial charge in [-0.15, -0.1) is 0 Å². The van der Waals surface area contributed by atoms with Crippen molar-refractivity contribution in [2.45, 2.75) is 39.2 Å². The molecular formula is C18H28N4O3S. The summed E-state index contributed by atoms with van der Waals surface area (Å²) in [6.45, 7) is 7.36. The van der Waals surface area contributed by atoms with E-state index in [9.17, 15) is 14.4 Å². The highest BCUT2D eigenvalue weighted by Crippen LogP contribution is 2.11. The summed E-state index contributed by atoms with van der Waals surface area (Å²) < 4.78 is 1.66. The molecule has 3 heterocycles. The van der Waals surface area contributed by atoms with Crippen LogP contribution >= 0.6 is 11.3 Å². The first kappa shape index (κ1) is 19.1. The molecule has 2 fully saturated rings. The second-order valence-corrected chi connectivity index (χ2v) is 7.96. The standard InChI is InChI=1S/C18H28N4O3S/c1-15-14-26-18(25)22(15)8-5-16(23)21-11-9-19(10-12-21)13-17(24)20-6-3-2-4-7-20/h14H,2-13H2,1H3. The molecule has 0 aromatic carbocycles. The lowest BCUT2D eigenvalue weighted by atomic mass is 10.1. The van der Waals surface area contributed by atoms with Crippen molar-refractivity contribution in [2.24, 2.45) is 0 Å². The van der Waals surface area contributed by atoms with Gasteiger partial charge < -0.3 is 14.4 Å². The average Bonchev–Trinajstić information content (AvgIpc) is 2.99. The van der Waals surface area contributed by atoms with E-state index in [1.807, 2.05) is 22.1 Å². The number of carbonyl (C=O) groups excluding carboxylic acids is 2. The number of aryl methyl sites for hydroxylation is 1. The van der Waals surface area contributed by atoms with Gasteiger partial charge in [-0.3, -0.25) is 19.3 Å². The summed E-state index contributed by atoms with van der Waals surface area (Å²) >= 11 is 1.18. The van der Waals surface area contributed by atoms with Crippen LogP contribution in [0.25, 0.3) is 0 Å². The molecule has 0 unspecified atom stereocenters. The number of carbonyl (C=O) groups is 2. The van der Waals surface area contributed by atoms with Crippen molar-refractivity contribution in [3.63, 3.8) is 0 Å². The van der Waals surface area contributed by atoms with E-state index in [1.54, 1.807) is 4.57 Å². The first-order chi connectivity index (χ1) is 12.5. The highest BCUT2D eigenvalue weighted by Gasteiger charge is 2.24. The summed E-state index contributed by atoms with van der Waals surface area (Å²) in [7, 11) is 0. The average molecular weight is 381 g/mol. The van der Waals surface area contributed by atoms with Gasteiger partial charge in [0.05, 0.1) is 6.54 Å². The lowest BCUT2D eigenvalue weighted by molar-refractivity contribution is -0.135. The predicted molar refractivity (Wildman–Crippen MR) is 101 cm³/mol. The molecular weight excluding hydrogens is 352 g/mol. The molecule has 1 aromatic heterocycles. The smallest absolute Gasteiger partial charge is 0.307 e. The Morgan fingerprint density at radius 1 is 0.962 bits per heavy atom. The van der Waals surface area contributed by atoms with Gasteiger partial charge in [0.15, 0.2) is 0 Å². The molecule has 2 saturated heterocycles. The monoisotopic (exact) mass is 380 g/mol. The maximum absolute atomic E-state index is 12.4. The molecule has 3 rings (SSSR count). The van der Waals surface area contributed by atoms with Crippen LogP contribution in [-0.2, 0) is 16.1 Å². The van der Waals surface area contributed by atoms with Crippen LogP contribution in [0, 0.1) is 6.92 Å². The number of thiazole rings is 1.